The van der Waals surface area contributed by atoms with Crippen molar-refractivity contribution in [3.05, 3.63) is 47.5 Å². The van der Waals surface area contributed by atoms with Gasteiger partial charge in [0, 0.05) is 10.9 Å². The molecule has 0 radical (unpaired) electrons. The van der Waals surface area contributed by atoms with Gasteiger partial charge in [-0.1, -0.05) is 30.3 Å². The lowest BCUT2D eigenvalue weighted by Gasteiger charge is -2.42. The number of aromatic amines is 1. The van der Waals surface area contributed by atoms with E-state index >= 15 is 0 Å². The van der Waals surface area contributed by atoms with E-state index in [2.05, 4.69) is 10.2 Å². The number of nitrogens with two attached hydrogens (primary N) is 1. The molecule has 6 atom stereocenters. The highest BCUT2D eigenvalue weighted by molar-refractivity contribution is 5.99. The molecule has 2 heterocycles. The van der Waals surface area contributed by atoms with Crippen molar-refractivity contribution in [3.63, 3.8) is 0 Å². The number of anilines is 1. The first-order valence-corrected chi connectivity index (χ1v) is 9.65. The van der Waals surface area contributed by atoms with Crippen molar-refractivity contribution in [2.75, 3.05) is 12.3 Å². The summed E-state index contributed by atoms with van der Waals surface area (Å²) < 4.78 is 5.49. The molecular weight excluding hydrogens is 390 g/mol. The molecule has 1 saturated heterocycles. The number of aromatic nitrogens is 2. The van der Waals surface area contributed by atoms with E-state index in [-0.39, 0.29) is 0 Å². The molecular formula is C21H25N3O6. The van der Waals surface area contributed by atoms with E-state index < -0.39 is 43.2 Å². The smallest absolute Gasteiger partial charge is 0.153 e. The summed E-state index contributed by atoms with van der Waals surface area (Å²) in [6, 6.07) is 11.1. The van der Waals surface area contributed by atoms with Crippen LogP contribution < -0.4 is 5.73 Å². The van der Waals surface area contributed by atoms with Crippen LogP contribution in [0.25, 0.3) is 22.0 Å². The quantitative estimate of drug-likeness (QED) is 0.313. The predicted octanol–water partition coefficient (Wildman–Crippen LogP) is -0.00368. The summed E-state index contributed by atoms with van der Waals surface area (Å²) >= 11 is 0. The second kappa shape index (κ2) is 7.95. The predicted molar refractivity (Wildman–Crippen MR) is 109 cm³/mol. The molecule has 1 fully saturated rings. The molecule has 8 N–H and O–H groups in total. The summed E-state index contributed by atoms with van der Waals surface area (Å²) in [6.45, 7) is 1.26. The van der Waals surface area contributed by atoms with Gasteiger partial charge in [-0.05, 0) is 29.7 Å². The Morgan fingerprint density at radius 3 is 2.60 bits per heavy atom. The van der Waals surface area contributed by atoms with Crippen LogP contribution in [0.15, 0.2) is 36.4 Å². The van der Waals surface area contributed by atoms with Crippen LogP contribution in [0.2, 0.25) is 0 Å². The maximum atomic E-state index is 10.9. The monoisotopic (exact) mass is 415 g/mol. The van der Waals surface area contributed by atoms with E-state index in [1.807, 2.05) is 37.3 Å². The van der Waals surface area contributed by atoms with Crippen LogP contribution in [0.1, 0.15) is 17.2 Å². The number of fused-ring (bicyclic) bond motifs is 1. The molecule has 9 nitrogen and oxygen atoms in total. The normalized spacial score (nSPS) is 28.0. The van der Waals surface area contributed by atoms with Gasteiger partial charge in [-0.3, -0.25) is 5.10 Å². The molecule has 0 bridgehead atoms. The number of ether oxygens (including phenoxy) is 1. The Morgan fingerprint density at radius 1 is 1.13 bits per heavy atom. The standard InChI is InChI=1S/C21H25N3O6/c1-9-7-10(12-3-2-4-13-15(12)23-24-21(13)22)5-6-11(9)16(26)20-19(29)18(28)17(27)14(8-25)30-20/h2-7,14,16-20,25-29H,8H2,1H3,(H3,22,23,24)/t14?,16-,17-,18+,19?,20-/m1/s1. The molecule has 0 spiro atoms. The molecule has 1 aliphatic heterocycles. The summed E-state index contributed by atoms with van der Waals surface area (Å²) in [5.41, 5.74) is 9.70. The Labute approximate surface area is 172 Å². The van der Waals surface area contributed by atoms with Gasteiger partial charge in [0.25, 0.3) is 0 Å². The number of nitrogen functional groups attached to an aromatic ring is 1. The summed E-state index contributed by atoms with van der Waals surface area (Å²) in [7, 11) is 0. The first-order chi connectivity index (χ1) is 14.3. The van der Waals surface area contributed by atoms with Gasteiger partial charge >= 0.3 is 0 Å². The van der Waals surface area contributed by atoms with Crippen LogP contribution >= 0.6 is 0 Å². The van der Waals surface area contributed by atoms with E-state index in [1.54, 1.807) is 6.07 Å². The SMILES string of the molecule is Cc1cc(-c2cccc3c(N)n[nH]c23)ccc1[C@@H](O)[C@H]1OC(CO)[C@@H](O)[C@H](O)C1O. The Kier molecular flexibility index (Phi) is 5.49. The van der Waals surface area contributed by atoms with Crippen molar-refractivity contribution in [2.24, 2.45) is 0 Å². The highest BCUT2D eigenvalue weighted by atomic mass is 16.6. The molecule has 2 aromatic carbocycles. The Bertz CT molecular complexity index is 1050. The fourth-order valence-corrected chi connectivity index (χ4v) is 4.05. The van der Waals surface area contributed by atoms with E-state index in [0.29, 0.717) is 11.4 Å². The number of benzene rings is 2. The zero-order valence-corrected chi connectivity index (χ0v) is 16.3. The first-order valence-electron chi connectivity index (χ1n) is 9.65. The molecule has 0 aliphatic carbocycles. The minimum atomic E-state index is -1.54. The van der Waals surface area contributed by atoms with Crippen LogP contribution in [0.5, 0.6) is 0 Å². The minimum absolute atomic E-state index is 0.415. The first kappa shape index (κ1) is 20.7. The summed E-state index contributed by atoms with van der Waals surface area (Å²) in [5.74, 6) is 0.415. The van der Waals surface area contributed by atoms with Crippen molar-refractivity contribution in [3.8, 4) is 11.1 Å². The van der Waals surface area contributed by atoms with Crippen LogP contribution in [-0.2, 0) is 4.74 Å². The number of para-hydroxylation sites is 1. The molecule has 3 aromatic rings. The van der Waals surface area contributed by atoms with Gasteiger partial charge in [0.2, 0.25) is 0 Å². The lowest BCUT2D eigenvalue weighted by molar-refractivity contribution is -0.250. The van der Waals surface area contributed by atoms with Crippen molar-refractivity contribution < 1.29 is 30.3 Å². The maximum Gasteiger partial charge on any atom is 0.153 e. The molecule has 0 amide bonds. The Morgan fingerprint density at radius 2 is 1.90 bits per heavy atom. The number of aliphatic hydroxyl groups excluding tert-OH is 5. The highest BCUT2D eigenvalue weighted by Crippen LogP contribution is 2.35. The van der Waals surface area contributed by atoms with E-state index in [4.69, 9.17) is 10.5 Å². The molecule has 4 rings (SSSR count). The Hall–Kier alpha value is -2.53. The zero-order chi connectivity index (χ0) is 21.6. The number of rotatable bonds is 4. The van der Waals surface area contributed by atoms with Crippen LogP contribution in [-0.4, -0.2) is 72.9 Å². The topological polar surface area (TPSA) is 165 Å². The van der Waals surface area contributed by atoms with E-state index in [1.165, 1.54) is 0 Å². The lowest BCUT2D eigenvalue weighted by atomic mass is 9.87. The number of aryl methyl sites for hydroxylation is 1. The van der Waals surface area contributed by atoms with Crippen LogP contribution in [0.3, 0.4) is 0 Å². The number of H-pyrrole nitrogens is 1. The van der Waals surface area contributed by atoms with Gasteiger partial charge in [0.1, 0.15) is 36.6 Å². The molecule has 30 heavy (non-hydrogen) atoms. The highest BCUT2D eigenvalue weighted by Gasteiger charge is 2.46. The largest absolute Gasteiger partial charge is 0.394 e. The van der Waals surface area contributed by atoms with Crippen LogP contribution in [0.4, 0.5) is 5.82 Å². The summed E-state index contributed by atoms with van der Waals surface area (Å²) in [4.78, 5) is 0. The van der Waals surface area contributed by atoms with Gasteiger partial charge in [-0.25, -0.2) is 0 Å². The fourth-order valence-electron chi connectivity index (χ4n) is 4.05. The van der Waals surface area contributed by atoms with Gasteiger partial charge < -0.3 is 36.0 Å². The number of nitrogens with one attached hydrogen (secondary N) is 1. The summed E-state index contributed by atoms with van der Waals surface area (Å²) in [6.07, 6.45) is -8.09. The number of hydrogen-bond donors (Lipinski definition) is 7. The Balaban J connectivity index is 1.66. The fraction of sp³-hybridized carbons (Fsp3) is 0.381. The average molecular weight is 415 g/mol. The molecule has 9 heteroatoms. The molecule has 2 unspecified atom stereocenters. The molecule has 1 aliphatic rings. The van der Waals surface area contributed by atoms with Gasteiger partial charge in [0.05, 0.1) is 12.1 Å². The third kappa shape index (κ3) is 3.35. The number of hydrogen-bond acceptors (Lipinski definition) is 8. The molecule has 1 aromatic heterocycles. The number of nitrogens with zero attached hydrogens (tertiary/aromatic N) is 1. The molecule has 0 saturated carbocycles. The van der Waals surface area contributed by atoms with E-state index in [9.17, 15) is 25.5 Å². The van der Waals surface area contributed by atoms with Crippen LogP contribution in [0, 0.1) is 6.92 Å². The van der Waals surface area contributed by atoms with Crippen molar-refractivity contribution >= 4 is 16.7 Å². The molecule has 160 valence electrons. The maximum absolute atomic E-state index is 10.9. The second-order valence-corrected chi connectivity index (χ2v) is 7.65. The van der Waals surface area contributed by atoms with Crippen molar-refractivity contribution in [1.82, 2.24) is 10.2 Å². The van der Waals surface area contributed by atoms with Crippen molar-refractivity contribution in [1.29, 1.82) is 0 Å². The van der Waals surface area contributed by atoms with Gasteiger partial charge in [0.15, 0.2) is 5.82 Å². The third-order valence-corrected chi connectivity index (χ3v) is 5.77. The van der Waals surface area contributed by atoms with Gasteiger partial charge in [-0.15, -0.1) is 0 Å². The third-order valence-electron chi connectivity index (χ3n) is 5.77. The van der Waals surface area contributed by atoms with E-state index in [0.717, 1.165) is 27.6 Å². The summed E-state index contributed by atoms with van der Waals surface area (Å²) in [5, 5.41) is 58.3. The minimum Gasteiger partial charge on any atom is -0.394 e. The van der Waals surface area contributed by atoms with Gasteiger partial charge in [-0.2, -0.15) is 5.10 Å². The lowest BCUT2D eigenvalue weighted by Crippen LogP contribution is -2.59. The van der Waals surface area contributed by atoms with Crippen molar-refractivity contribution in [2.45, 2.75) is 43.5 Å². The number of aliphatic hydroxyl groups is 5. The zero-order valence-electron chi connectivity index (χ0n) is 16.3. The second-order valence-electron chi connectivity index (χ2n) is 7.65. The average Bonchev–Trinajstić information content (AvgIpc) is 3.13.